The topological polar surface area (TPSA) is 96.0 Å². The molecule has 3 N–H and O–H groups in total. The summed E-state index contributed by atoms with van der Waals surface area (Å²) in [5.74, 6) is -0.581. The molecule has 0 atom stereocenters. The number of carbonyl (C=O) groups is 2. The number of rotatable bonds is 5. The van der Waals surface area contributed by atoms with Gasteiger partial charge in [-0.2, -0.15) is 0 Å². The van der Waals surface area contributed by atoms with Crippen LogP contribution in [0.3, 0.4) is 0 Å². The largest absolute Gasteiger partial charge is 0.365 e. The summed E-state index contributed by atoms with van der Waals surface area (Å²) < 4.78 is 15.3. The molecule has 35 heavy (non-hydrogen) atoms. The first kappa shape index (κ1) is 26.3. The van der Waals surface area contributed by atoms with Crippen molar-refractivity contribution in [2.75, 3.05) is 10.6 Å². The average molecular weight is 500 g/mol. The smallest absolute Gasteiger partial charge is 0.260 e. The molecule has 3 aromatic rings. The highest BCUT2D eigenvalue weighted by atomic mass is 35.5. The number of aryl methyl sites for hydroxylation is 1. The molecule has 186 valence electrons. The number of hydrogen-bond acceptors (Lipinski definition) is 5. The molecule has 3 rings (SSSR count). The summed E-state index contributed by atoms with van der Waals surface area (Å²) in [6.07, 6.45) is 0. The van der Waals surface area contributed by atoms with E-state index in [1.54, 1.807) is 39.8 Å². The summed E-state index contributed by atoms with van der Waals surface area (Å²) in [6.45, 7) is 13.0. The third-order valence-electron chi connectivity index (χ3n) is 5.10. The molecule has 0 radical (unpaired) electrons. The van der Waals surface area contributed by atoms with Crippen molar-refractivity contribution in [1.29, 1.82) is 0 Å². The molecule has 1 aromatic heterocycles. The van der Waals surface area contributed by atoms with Gasteiger partial charge in [0, 0.05) is 28.4 Å². The number of amides is 2. The lowest BCUT2D eigenvalue weighted by Gasteiger charge is -2.23. The van der Waals surface area contributed by atoms with Gasteiger partial charge in [0.15, 0.2) is 0 Å². The van der Waals surface area contributed by atoms with Gasteiger partial charge >= 0.3 is 0 Å². The molecule has 7 nitrogen and oxygen atoms in total. The summed E-state index contributed by atoms with van der Waals surface area (Å²) in [7, 11) is 0. The number of fused-ring (bicyclic) bond motifs is 1. The molecule has 0 saturated carbocycles. The zero-order valence-corrected chi connectivity index (χ0v) is 21.8. The van der Waals surface area contributed by atoms with Crippen LogP contribution in [0.2, 0.25) is 5.02 Å². The Morgan fingerprint density at radius 3 is 2.34 bits per heavy atom. The Morgan fingerprint density at radius 1 is 1.03 bits per heavy atom. The Kier molecular flexibility index (Phi) is 7.36. The third kappa shape index (κ3) is 6.25. The number of hydrogen-bond donors (Lipinski definition) is 3. The highest BCUT2D eigenvalue weighted by molar-refractivity contribution is 6.34. The second kappa shape index (κ2) is 9.77. The summed E-state index contributed by atoms with van der Waals surface area (Å²) in [4.78, 5) is 34.4. The van der Waals surface area contributed by atoms with Gasteiger partial charge in [-0.05, 0) is 45.9 Å². The molecule has 0 fully saturated rings. The van der Waals surface area contributed by atoms with Crippen LogP contribution >= 0.6 is 11.6 Å². The van der Waals surface area contributed by atoms with Crippen molar-refractivity contribution in [2.24, 2.45) is 5.41 Å². The Balaban J connectivity index is 1.95. The van der Waals surface area contributed by atoms with Gasteiger partial charge in [0.2, 0.25) is 5.91 Å². The fraction of sp³-hybridized carbons (Fsp3) is 0.385. The molecule has 2 aromatic carbocycles. The van der Waals surface area contributed by atoms with E-state index in [0.29, 0.717) is 28.2 Å². The van der Waals surface area contributed by atoms with E-state index in [9.17, 15) is 9.59 Å². The molecule has 0 spiro atoms. The predicted molar refractivity (Wildman–Crippen MR) is 138 cm³/mol. The summed E-state index contributed by atoms with van der Waals surface area (Å²) in [5.41, 5.74) is -0.0954. The van der Waals surface area contributed by atoms with Crippen molar-refractivity contribution in [3.8, 4) is 0 Å². The van der Waals surface area contributed by atoms with E-state index in [0.717, 1.165) is 0 Å². The zero-order valence-electron chi connectivity index (χ0n) is 21.1. The van der Waals surface area contributed by atoms with Gasteiger partial charge in [0.1, 0.15) is 17.5 Å². The maximum absolute atomic E-state index is 15.3. The first-order valence-electron chi connectivity index (χ1n) is 11.3. The number of anilines is 2. The van der Waals surface area contributed by atoms with Crippen molar-refractivity contribution in [1.82, 2.24) is 15.3 Å². The zero-order chi connectivity index (χ0) is 26.1. The standard InChI is InChI=1S/C26H31ClFN5O2/c1-14-30-21-16(22(31-14)33-26(5,6)7)9-8-10-18(21)32-23(34)19-17(27)12-11-15(20(19)28)13-29-24(35)25(2,3)4/h8-12H,13H2,1-7H3,(H,29,35)(H,32,34)(H,30,31,33). The number of nitrogens with one attached hydrogen (secondary N) is 3. The Bertz CT molecular complexity index is 1300. The lowest BCUT2D eigenvalue weighted by Crippen LogP contribution is -2.34. The van der Waals surface area contributed by atoms with Gasteiger partial charge in [-0.15, -0.1) is 0 Å². The Morgan fingerprint density at radius 2 is 1.71 bits per heavy atom. The molecule has 0 aliphatic rings. The molecular formula is C26H31ClFN5O2. The van der Waals surface area contributed by atoms with Gasteiger partial charge in [0.25, 0.3) is 5.91 Å². The molecular weight excluding hydrogens is 469 g/mol. The minimum absolute atomic E-state index is 0.0352. The molecule has 0 saturated heterocycles. The van der Waals surface area contributed by atoms with E-state index < -0.39 is 17.1 Å². The van der Waals surface area contributed by atoms with Gasteiger partial charge in [-0.25, -0.2) is 14.4 Å². The van der Waals surface area contributed by atoms with E-state index in [2.05, 4.69) is 25.9 Å². The number of aromatic nitrogens is 2. The van der Waals surface area contributed by atoms with Crippen molar-refractivity contribution in [2.45, 2.75) is 60.5 Å². The molecule has 0 aliphatic carbocycles. The summed E-state index contributed by atoms with van der Waals surface area (Å²) in [5, 5.41) is 9.48. The van der Waals surface area contributed by atoms with Gasteiger partial charge in [-0.3, -0.25) is 9.59 Å². The lowest BCUT2D eigenvalue weighted by molar-refractivity contribution is -0.128. The maximum Gasteiger partial charge on any atom is 0.260 e. The highest BCUT2D eigenvalue weighted by Gasteiger charge is 2.24. The molecule has 0 aliphatic heterocycles. The minimum Gasteiger partial charge on any atom is -0.365 e. The van der Waals surface area contributed by atoms with Gasteiger partial charge in [0.05, 0.1) is 21.8 Å². The van der Waals surface area contributed by atoms with Gasteiger partial charge < -0.3 is 16.0 Å². The maximum atomic E-state index is 15.3. The SMILES string of the molecule is Cc1nc(NC(C)(C)C)c2cccc(NC(=O)c3c(Cl)ccc(CNC(=O)C(C)(C)C)c3F)c2n1. The van der Waals surface area contributed by atoms with E-state index in [1.165, 1.54) is 12.1 Å². The van der Waals surface area contributed by atoms with Gasteiger partial charge in [-0.1, -0.05) is 44.5 Å². The second-order valence-corrected chi connectivity index (χ2v) is 10.9. The monoisotopic (exact) mass is 499 g/mol. The van der Waals surface area contributed by atoms with Crippen LogP contribution in [-0.2, 0) is 11.3 Å². The number of nitrogens with zero attached hydrogens (tertiary/aromatic N) is 2. The van der Waals surface area contributed by atoms with Crippen LogP contribution in [0.15, 0.2) is 30.3 Å². The highest BCUT2D eigenvalue weighted by Crippen LogP contribution is 2.30. The fourth-order valence-electron chi connectivity index (χ4n) is 3.38. The van der Waals surface area contributed by atoms with Crippen LogP contribution < -0.4 is 16.0 Å². The lowest BCUT2D eigenvalue weighted by atomic mass is 9.95. The van der Waals surface area contributed by atoms with E-state index in [-0.39, 0.29) is 34.1 Å². The van der Waals surface area contributed by atoms with E-state index >= 15 is 4.39 Å². The Labute approximate surface area is 209 Å². The molecule has 0 unspecified atom stereocenters. The van der Waals surface area contributed by atoms with Crippen LogP contribution in [-0.4, -0.2) is 27.3 Å². The van der Waals surface area contributed by atoms with E-state index in [4.69, 9.17) is 11.6 Å². The summed E-state index contributed by atoms with van der Waals surface area (Å²) in [6, 6.07) is 8.20. The van der Waals surface area contributed by atoms with Crippen molar-refractivity contribution >= 4 is 45.8 Å². The number of benzene rings is 2. The predicted octanol–water partition coefficient (Wildman–Crippen LogP) is 5.86. The molecule has 1 heterocycles. The first-order chi connectivity index (χ1) is 16.2. The third-order valence-corrected chi connectivity index (χ3v) is 5.41. The van der Waals surface area contributed by atoms with Crippen molar-refractivity contribution < 1.29 is 14.0 Å². The van der Waals surface area contributed by atoms with Crippen molar-refractivity contribution in [3.63, 3.8) is 0 Å². The Hall–Kier alpha value is -3.26. The number of halogens is 2. The molecule has 0 bridgehead atoms. The average Bonchev–Trinajstić information content (AvgIpc) is 2.71. The van der Waals surface area contributed by atoms with Crippen LogP contribution in [0.25, 0.3) is 10.9 Å². The normalized spacial score (nSPS) is 11.9. The van der Waals surface area contributed by atoms with Crippen LogP contribution in [0.4, 0.5) is 15.9 Å². The summed E-state index contributed by atoms with van der Waals surface area (Å²) >= 11 is 6.22. The molecule has 9 heteroatoms. The van der Waals surface area contributed by atoms with Crippen LogP contribution in [0, 0.1) is 18.2 Å². The fourth-order valence-corrected chi connectivity index (χ4v) is 3.61. The first-order valence-corrected chi connectivity index (χ1v) is 11.7. The molecule has 2 amide bonds. The number of carbonyl (C=O) groups excluding carboxylic acids is 2. The van der Waals surface area contributed by atoms with E-state index in [1.807, 2.05) is 26.8 Å². The van der Waals surface area contributed by atoms with Crippen LogP contribution in [0.5, 0.6) is 0 Å². The van der Waals surface area contributed by atoms with Crippen molar-refractivity contribution in [3.05, 3.63) is 58.1 Å². The van der Waals surface area contributed by atoms with Crippen LogP contribution in [0.1, 0.15) is 63.3 Å². The minimum atomic E-state index is -0.787. The second-order valence-electron chi connectivity index (χ2n) is 10.5. The number of para-hydroxylation sites is 1. The quantitative estimate of drug-likeness (QED) is 0.409.